The third kappa shape index (κ3) is 2.55. The van der Waals surface area contributed by atoms with Crippen LogP contribution in [0.25, 0.3) is 5.57 Å². The largest absolute Gasteiger partial charge is 0.360 e. The van der Waals surface area contributed by atoms with Crippen molar-refractivity contribution in [2.75, 3.05) is 11.9 Å². The Morgan fingerprint density at radius 3 is 2.53 bits per heavy atom. The standard InChI is InChI=1S/C17H26N2/c1-12(2)19-16-8-7-14(11-18-6)9-15(16)13(3)10-17(19,4)5/h7-10,12,18H,11H2,1-6H3. The molecule has 0 saturated carbocycles. The van der Waals surface area contributed by atoms with Crippen LogP contribution >= 0.6 is 0 Å². The highest BCUT2D eigenvalue weighted by atomic mass is 15.2. The van der Waals surface area contributed by atoms with Crippen LogP contribution in [0.15, 0.2) is 24.3 Å². The predicted molar refractivity (Wildman–Crippen MR) is 84.6 cm³/mol. The number of rotatable bonds is 3. The molecule has 0 saturated heterocycles. The van der Waals surface area contributed by atoms with Gasteiger partial charge in [0.1, 0.15) is 0 Å². The Kier molecular flexibility index (Phi) is 3.73. The Bertz CT molecular complexity index is 498. The minimum atomic E-state index is 0.0791. The maximum Gasteiger partial charge on any atom is 0.0537 e. The van der Waals surface area contributed by atoms with Gasteiger partial charge in [-0.25, -0.2) is 0 Å². The van der Waals surface area contributed by atoms with Gasteiger partial charge in [-0.1, -0.05) is 12.1 Å². The molecule has 1 aliphatic rings. The topological polar surface area (TPSA) is 15.3 Å². The number of fused-ring (bicyclic) bond motifs is 1. The van der Waals surface area contributed by atoms with E-state index in [2.05, 4.69) is 69.1 Å². The molecule has 104 valence electrons. The number of hydrogen-bond donors (Lipinski definition) is 1. The van der Waals surface area contributed by atoms with Crippen molar-refractivity contribution in [3.8, 4) is 0 Å². The van der Waals surface area contributed by atoms with E-state index in [1.54, 1.807) is 0 Å². The lowest BCUT2D eigenvalue weighted by Crippen LogP contribution is -2.49. The lowest BCUT2D eigenvalue weighted by Gasteiger charge is -2.46. The summed E-state index contributed by atoms with van der Waals surface area (Å²) in [5, 5.41) is 3.22. The molecule has 1 aliphatic heterocycles. The molecular weight excluding hydrogens is 232 g/mol. The van der Waals surface area contributed by atoms with Gasteiger partial charge in [0.2, 0.25) is 0 Å². The normalized spacial score (nSPS) is 17.4. The molecule has 0 radical (unpaired) electrons. The molecule has 0 amide bonds. The van der Waals surface area contributed by atoms with Crippen molar-refractivity contribution in [2.45, 2.75) is 52.7 Å². The molecule has 0 unspecified atom stereocenters. The third-order valence-electron chi connectivity index (χ3n) is 3.83. The first-order chi connectivity index (χ1) is 8.86. The van der Waals surface area contributed by atoms with Gasteiger partial charge >= 0.3 is 0 Å². The molecule has 2 rings (SSSR count). The van der Waals surface area contributed by atoms with E-state index in [-0.39, 0.29) is 5.54 Å². The van der Waals surface area contributed by atoms with Gasteiger partial charge in [0, 0.05) is 23.8 Å². The molecule has 0 aliphatic carbocycles. The third-order valence-corrected chi connectivity index (χ3v) is 3.83. The Balaban J connectivity index is 2.55. The molecule has 1 N–H and O–H groups in total. The molecule has 2 nitrogen and oxygen atoms in total. The highest BCUT2D eigenvalue weighted by Crippen LogP contribution is 2.40. The second-order valence-corrected chi connectivity index (χ2v) is 6.33. The maximum atomic E-state index is 3.22. The van der Waals surface area contributed by atoms with Crippen LogP contribution in [-0.4, -0.2) is 18.6 Å². The van der Waals surface area contributed by atoms with Crippen molar-refractivity contribution in [3.63, 3.8) is 0 Å². The van der Waals surface area contributed by atoms with E-state index >= 15 is 0 Å². The van der Waals surface area contributed by atoms with Crippen molar-refractivity contribution < 1.29 is 0 Å². The zero-order valence-corrected chi connectivity index (χ0v) is 13.0. The zero-order chi connectivity index (χ0) is 14.2. The fraction of sp³-hybridized carbons (Fsp3) is 0.529. The summed E-state index contributed by atoms with van der Waals surface area (Å²) < 4.78 is 0. The molecule has 1 heterocycles. The highest BCUT2D eigenvalue weighted by molar-refractivity contribution is 5.81. The first kappa shape index (κ1) is 14.1. The van der Waals surface area contributed by atoms with E-state index < -0.39 is 0 Å². The van der Waals surface area contributed by atoms with Crippen molar-refractivity contribution in [2.24, 2.45) is 0 Å². The lowest BCUT2D eigenvalue weighted by atomic mass is 9.87. The lowest BCUT2D eigenvalue weighted by molar-refractivity contribution is 0.507. The molecule has 0 spiro atoms. The molecule has 1 aromatic carbocycles. The minimum Gasteiger partial charge on any atom is -0.360 e. The van der Waals surface area contributed by atoms with Gasteiger partial charge in [0.25, 0.3) is 0 Å². The summed E-state index contributed by atoms with van der Waals surface area (Å²) in [7, 11) is 1.99. The Hall–Kier alpha value is -1.28. The highest BCUT2D eigenvalue weighted by Gasteiger charge is 2.32. The molecule has 1 aromatic rings. The van der Waals surface area contributed by atoms with Crippen LogP contribution in [0.3, 0.4) is 0 Å². The SMILES string of the molecule is CNCc1ccc2c(c1)C(C)=CC(C)(C)N2C(C)C. The summed E-state index contributed by atoms with van der Waals surface area (Å²) in [6.45, 7) is 12.3. The second kappa shape index (κ2) is 5.01. The second-order valence-electron chi connectivity index (χ2n) is 6.33. The fourth-order valence-corrected chi connectivity index (χ4v) is 3.35. The first-order valence-electron chi connectivity index (χ1n) is 7.13. The van der Waals surface area contributed by atoms with Crippen LogP contribution in [0.1, 0.15) is 45.7 Å². The van der Waals surface area contributed by atoms with E-state index in [4.69, 9.17) is 0 Å². The first-order valence-corrected chi connectivity index (χ1v) is 7.13. The van der Waals surface area contributed by atoms with Gasteiger partial charge in [0.15, 0.2) is 0 Å². The number of benzene rings is 1. The van der Waals surface area contributed by atoms with Crippen LogP contribution < -0.4 is 10.2 Å². The number of allylic oxidation sites excluding steroid dienone is 1. The average Bonchev–Trinajstić information content (AvgIpc) is 2.28. The molecule has 19 heavy (non-hydrogen) atoms. The van der Waals surface area contributed by atoms with Gasteiger partial charge in [-0.2, -0.15) is 0 Å². The summed E-state index contributed by atoms with van der Waals surface area (Å²) in [5.41, 5.74) is 5.54. The van der Waals surface area contributed by atoms with E-state index in [0.717, 1.165) is 6.54 Å². The quantitative estimate of drug-likeness (QED) is 0.886. The molecule has 0 bridgehead atoms. The predicted octanol–water partition coefficient (Wildman–Crippen LogP) is 3.82. The summed E-state index contributed by atoms with van der Waals surface area (Å²) in [6, 6.07) is 7.33. The summed E-state index contributed by atoms with van der Waals surface area (Å²) >= 11 is 0. The van der Waals surface area contributed by atoms with Crippen molar-refractivity contribution in [3.05, 3.63) is 35.4 Å². The monoisotopic (exact) mass is 258 g/mol. The number of hydrogen-bond acceptors (Lipinski definition) is 2. The van der Waals surface area contributed by atoms with Gasteiger partial charge in [0.05, 0.1) is 5.54 Å². The van der Waals surface area contributed by atoms with Crippen molar-refractivity contribution in [1.82, 2.24) is 5.32 Å². The Labute approximate surface area is 117 Å². The average molecular weight is 258 g/mol. The van der Waals surface area contributed by atoms with E-state index in [1.807, 2.05) is 7.05 Å². The van der Waals surface area contributed by atoms with E-state index in [1.165, 1.54) is 22.4 Å². The van der Waals surface area contributed by atoms with Gasteiger partial charge in [-0.3, -0.25) is 0 Å². The Morgan fingerprint density at radius 2 is 1.95 bits per heavy atom. The van der Waals surface area contributed by atoms with Crippen molar-refractivity contribution in [1.29, 1.82) is 0 Å². The van der Waals surface area contributed by atoms with Crippen molar-refractivity contribution >= 4 is 11.3 Å². The molecule has 0 atom stereocenters. The Morgan fingerprint density at radius 1 is 1.26 bits per heavy atom. The van der Waals surface area contributed by atoms with E-state index in [9.17, 15) is 0 Å². The van der Waals surface area contributed by atoms with E-state index in [0.29, 0.717) is 6.04 Å². The van der Waals surface area contributed by atoms with Gasteiger partial charge in [-0.05, 0) is 64.9 Å². The summed E-state index contributed by atoms with van der Waals surface area (Å²) in [6.07, 6.45) is 2.39. The minimum absolute atomic E-state index is 0.0791. The van der Waals surface area contributed by atoms with Crippen LogP contribution in [-0.2, 0) is 6.54 Å². The van der Waals surface area contributed by atoms with Crippen LogP contribution in [0, 0.1) is 0 Å². The number of anilines is 1. The molecule has 2 heteroatoms. The van der Waals surface area contributed by atoms with Gasteiger partial charge < -0.3 is 10.2 Å². The number of nitrogens with one attached hydrogen (secondary N) is 1. The van der Waals surface area contributed by atoms with Crippen LogP contribution in [0.4, 0.5) is 5.69 Å². The molecule has 0 aromatic heterocycles. The molecular formula is C17H26N2. The maximum absolute atomic E-state index is 3.22. The smallest absolute Gasteiger partial charge is 0.0537 e. The van der Waals surface area contributed by atoms with Crippen LogP contribution in [0.2, 0.25) is 0 Å². The number of nitrogens with zero attached hydrogens (tertiary/aromatic N) is 1. The summed E-state index contributed by atoms with van der Waals surface area (Å²) in [4.78, 5) is 2.51. The fourth-order valence-electron chi connectivity index (χ4n) is 3.35. The van der Waals surface area contributed by atoms with Crippen LogP contribution in [0.5, 0.6) is 0 Å². The van der Waals surface area contributed by atoms with Gasteiger partial charge in [-0.15, -0.1) is 0 Å². The molecule has 0 fully saturated rings. The summed E-state index contributed by atoms with van der Waals surface area (Å²) in [5.74, 6) is 0. The zero-order valence-electron chi connectivity index (χ0n) is 13.0.